The Bertz CT molecular complexity index is 992. The number of carbonyl (C=O) groups excluding carboxylic acids is 1. The molecule has 0 aliphatic rings. The lowest BCUT2D eigenvalue weighted by molar-refractivity contribution is -0.115. The maximum absolute atomic E-state index is 12.1. The third-order valence-corrected chi connectivity index (χ3v) is 4.24. The monoisotopic (exact) mass is 400 g/mol. The van der Waals surface area contributed by atoms with Gasteiger partial charge >= 0.3 is 0 Å². The lowest BCUT2D eigenvalue weighted by Gasteiger charge is -2.09. The molecule has 0 radical (unpaired) electrons. The Kier molecular flexibility index (Phi) is 5.89. The smallest absolute Gasteiger partial charge is 0.250 e. The molecule has 0 aliphatic carbocycles. The van der Waals surface area contributed by atoms with Gasteiger partial charge in [-0.1, -0.05) is 65.7 Å². The minimum Gasteiger partial charge on any atom is -0.332 e. The first-order chi connectivity index (χ1) is 12.5. The molecular formula is C20H14Cl2N2OS. The lowest BCUT2D eigenvalue weighted by atomic mass is 10.0. The average molecular weight is 401 g/mol. The Balaban J connectivity index is 1.66. The van der Waals surface area contributed by atoms with Gasteiger partial charge in [-0.25, -0.2) is 0 Å². The summed E-state index contributed by atoms with van der Waals surface area (Å²) < 4.78 is 0. The molecule has 0 atom stereocenters. The van der Waals surface area contributed by atoms with Gasteiger partial charge in [-0.05, 0) is 52.8 Å². The summed E-state index contributed by atoms with van der Waals surface area (Å²) >= 11 is 17.0. The van der Waals surface area contributed by atoms with E-state index in [2.05, 4.69) is 10.6 Å². The summed E-state index contributed by atoms with van der Waals surface area (Å²) in [5.74, 6) is -0.330. The number of amides is 1. The molecule has 3 rings (SSSR count). The Morgan fingerprint density at radius 2 is 1.65 bits per heavy atom. The summed E-state index contributed by atoms with van der Waals surface area (Å²) in [4.78, 5) is 12.1. The van der Waals surface area contributed by atoms with Gasteiger partial charge in [0, 0.05) is 21.8 Å². The van der Waals surface area contributed by atoms with E-state index in [0.29, 0.717) is 15.7 Å². The second-order valence-electron chi connectivity index (χ2n) is 5.50. The zero-order valence-corrected chi connectivity index (χ0v) is 15.8. The molecule has 0 fully saturated rings. The minimum atomic E-state index is -0.330. The van der Waals surface area contributed by atoms with Crippen LogP contribution < -0.4 is 10.6 Å². The number of rotatable bonds is 3. The second kappa shape index (κ2) is 8.32. The highest BCUT2D eigenvalue weighted by Gasteiger charge is 2.04. The van der Waals surface area contributed by atoms with E-state index in [9.17, 15) is 4.79 Å². The summed E-state index contributed by atoms with van der Waals surface area (Å²) in [5, 5.41) is 8.78. The highest BCUT2D eigenvalue weighted by molar-refractivity contribution is 7.80. The van der Waals surface area contributed by atoms with Crippen LogP contribution >= 0.6 is 35.4 Å². The van der Waals surface area contributed by atoms with Crippen LogP contribution in [0.3, 0.4) is 0 Å². The number of halogens is 2. The van der Waals surface area contributed by atoms with Crippen molar-refractivity contribution in [1.82, 2.24) is 5.32 Å². The van der Waals surface area contributed by atoms with Crippen molar-refractivity contribution in [2.24, 2.45) is 0 Å². The second-order valence-corrected chi connectivity index (χ2v) is 6.78. The molecule has 0 saturated carbocycles. The molecule has 130 valence electrons. The number of anilines is 1. The summed E-state index contributed by atoms with van der Waals surface area (Å²) in [6.45, 7) is 0. The number of hydrogen-bond donors (Lipinski definition) is 2. The maximum atomic E-state index is 12.1. The molecule has 0 aromatic heterocycles. The largest absolute Gasteiger partial charge is 0.332 e. The summed E-state index contributed by atoms with van der Waals surface area (Å²) in [7, 11) is 0. The molecule has 2 N–H and O–H groups in total. The third kappa shape index (κ3) is 4.82. The molecule has 3 aromatic carbocycles. The maximum Gasteiger partial charge on any atom is 0.250 e. The summed E-state index contributed by atoms with van der Waals surface area (Å²) in [6.07, 6.45) is 3.21. The minimum absolute atomic E-state index is 0.163. The van der Waals surface area contributed by atoms with Crippen molar-refractivity contribution < 1.29 is 4.79 Å². The summed E-state index contributed by atoms with van der Waals surface area (Å²) in [5.41, 5.74) is 1.56. The number of benzene rings is 3. The third-order valence-electron chi connectivity index (χ3n) is 3.59. The average Bonchev–Trinajstić information content (AvgIpc) is 2.58. The van der Waals surface area contributed by atoms with Gasteiger partial charge in [0.25, 0.3) is 0 Å². The van der Waals surface area contributed by atoms with Crippen LogP contribution in [0, 0.1) is 0 Å². The van der Waals surface area contributed by atoms with Crippen molar-refractivity contribution in [3.8, 4) is 0 Å². The molecule has 3 aromatic rings. The molecule has 0 unspecified atom stereocenters. The standard InChI is InChI=1S/C20H14Cl2N2OS/c21-15-10-16(22)12-17(11-15)23-20(26)24-19(25)9-8-14-6-3-5-13-4-1-2-7-18(13)14/h1-12H,(H2,23,24,25,26)/b9-8+. The highest BCUT2D eigenvalue weighted by Crippen LogP contribution is 2.22. The zero-order valence-electron chi connectivity index (χ0n) is 13.5. The molecular weight excluding hydrogens is 387 g/mol. The van der Waals surface area contributed by atoms with Crippen LogP contribution in [0.15, 0.2) is 66.7 Å². The van der Waals surface area contributed by atoms with E-state index >= 15 is 0 Å². The van der Waals surface area contributed by atoms with Gasteiger partial charge in [0.15, 0.2) is 5.11 Å². The van der Waals surface area contributed by atoms with Crippen molar-refractivity contribution in [2.75, 3.05) is 5.32 Å². The lowest BCUT2D eigenvalue weighted by Crippen LogP contribution is -2.32. The van der Waals surface area contributed by atoms with Gasteiger partial charge in [0.1, 0.15) is 0 Å². The SMILES string of the molecule is O=C(/C=C/c1cccc2ccccc12)NC(=S)Nc1cc(Cl)cc(Cl)c1. The molecule has 0 spiro atoms. The van der Waals surface area contributed by atoms with E-state index in [1.807, 2.05) is 42.5 Å². The fourth-order valence-electron chi connectivity index (χ4n) is 2.50. The molecule has 3 nitrogen and oxygen atoms in total. The van der Waals surface area contributed by atoms with Crippen LogP contribution in [0.2, 0.25) is 10.0 Å². The first-order valence-corrected chi connectivity index (χ1v) is 8.91. The molecule has 0 bridgehead atoms. The first-order valence-electron chi connectivity index (χ1n) is 7.75. The Morgan fingerprint density at radius 1 is 0.962 bits per heavy atom. The first kappa shape index (κ1) is 18.4. The van der Waals surface area contributed by atoms with Crippen LogP contribution in [0.1, 0.15) is 5.56 Å². The molecule has 26 heavy (non-hydrogen) atoms. The van der Waals surface area contributed by atoms with Crippen LogP contribution in [0.5, 0.6) is 0 Å². The van der Waals surface area contributed by atoms with Crippen LogP contribution in [-0.4, -0.2) is 11.0 Å². The highest BCUT2D eigenvalue weighted by atomic mass is 35.5. The molecule has 0 saturated heterocycles. The van der Waals surface area contributed by atoms with E-state index in [-0.39, 0.29) is 11.0 Å². The number of nitrogens with one attached hydrogen (secondary N) is 2. The number of carbonyl (C=O) groups is 1. The van der Waals surface area contributed by atoms with Gasteiger partial charge in [-0.2, -0.15) is 0 Å². The molecule has 1 amide bonds. The summed E-state index contributed by atoms with van der Waals surface area (Å²) in [6, 6.07) is 18.9. The number of hydrogen-bond acceptors (Lipinski definition) is 2. The Hall–Kier alpha value is -2.40. The number of thiocarbonyl (C=S) groups is 1. The van der Waals surface area contributed by atoms with Crippen molar-refractivity contribution in [3.63, 3.8) is 0 Å². The van der Waals surface area contributed by atoms with Crippen LogP contribution in [0.4, 0.5) is 5.69 Å². The van der Waals surface area contributed by atoms with Crippen molar-refractivity contribution in [2.45, 2.75) is 0 Å². The van der Waals surface area contributed by atoms with E-state index in [0.717, 1.165) is 16.3 Å². The van der Waals surface area contributed by atoms with Crippen LogP contribution in [-0.2, 0) is 4.79 Å². The predicted molar refractivity (Wildman–Crippen MR) is 114 cm³/mol. The van der Waals surface area contributed by atoms with E-state index in [1.165, 1.54) is 6.08 Å². The Labute approximate surface area is 166 Å². The van der Waals surface area contributed by atoms with Gasteiger partial charge in [0.2, 0.25) is 5.91 Å². The number of fused-ring (bicyclic) bond motifs is 1. The van der Waals surface area contributed by atoms with Crippen molar-refractivity contribution >= 4 is 69.0 Å². The molecule has 6 heteroatoms. The molecule has 0 aliphatic heterocycles. The van der Waals surface area contributed by atoms with Gasteiger partial charge < -0.3 is 5.32 Å². The Morgan fingerprint density at radius 3 is 2.42 bits per heavy atom. The fraction of sp³-hybridized carbons (Fsp3) is 0. The van der Waals surface area contributed by atoms with Crippen molar-refractivity contribution in [1.29, 1.82) is 0 Å². The van der Waals surface area contributed by atoms with E-state index in [4.69, 9.17) is 35.4 Å². The predicted octanol–water partition coefficient (Wildman–Crippen LogP) is 5.67. The van der Waals surface area contributed by atoms with Gasteiger partial charge in [-0.3, -0.25) is 10.1 Å². The zero-order chi connectivity index (χ0) is 18.5. The molecule has 0 heterocycles. The van der Waals surface area contributed by atoms with Gasteiger partial charge in [-0.15, -0.1) is 0 Å². The van der Waals surface area contributed by atoms with Crippen molar-refractivity contribution in [3.05, 3.63) is 82.3 Å². The van der Waals surface area contributed by atoms with Crippen LogP contribution in [0.25, 0.3) is 16.8 Å². The normalized spacial score (nSPS) is 10.8. The fourth-order valence-corrected chi connectivity index (χ4v) is 3.25. The topological polar surface area (TPSA) is 41.1 Å². The van der Waals surface area contributed by atoms with Gasteiger partial charge in [0.05, 0.1) is 0 Å². The van der Waals surface area contributed by atoms with E-state index in [1.54, 1.807) is 24.3 Å². The van der Waals surface area contributed by atoms with E-state index < -0.39 is 0 Å². The quantitative estimate of drug-likeness (QED) is 0.439.